The molecule has 0 spiro atoms. The lowest BCUT2D eigenvalue weighted by Gasteiger charge is -2.05. The Labute approximate surface area is 139 Å². The zero-order valence-corrected chi connectivity index (χ0v) is 13.4. The number of primary sulfonamides is 1. The van der Waals surface area contributed by atoms with Crippen molar-refractivity contribution in [3.8, 4) is 11.3 Å². The standard InChI is InChI=1S/C17H15FN2O3S/c18-13-3-1-12(2-4-13)17-10-7-15(23-17)11-20-14-5-8-16(9-6-14)24(19,21)22/h1-10,20H,11H2,(H2,19,21,22). The highest BCUT2D eigenvalue weighted by Gasteiger charge is 2.08. The third-order valence-electron chi connectivity index (χ3n) is 3.44. The van der Waals surface area contributed by atoms with Crippen molar-refractivity contribution in [2.45, 2.75) is 11.4 Å². The molecule has 0 atom stereocenters. The number of sulfonamides is 1. The molecule has 7 heteroatoms. The van der Waals surface area contributed by atoms with Gasteiger partial charge in [-0.25, -0.2) is 17.9 Å². The van der Waals surface area contributed by atoms with E-state index < -0.39 is 10.0 Å². The Morgan fingerprint density at radius 2 is 1.62 bits per heavy atom. The van der Waals surface area contributed by atoms with Gasteiger partial charge in [0.1, 0.15) is 17.3 Å². The molecule has 0 aliphatic rings. The molecule has 0 aliphatic carbocycles. The summed E-state index contributed by atoms with van der Waals surface area (Å²) in [4.78, 5) is 0.0599. The summed E-state index contributed by atoms with van der Waals surface area (Å²) in [5.41, 5.74) is 1.53. The predicted molar refractivity (Wildman–Crippen MR) is 89.2 cm³/mol. The molecule has 5 nitrogen and oxygen atoms in total. The van der Waals surface area contributed by atoms with E-state index in [2.05, 4.69) is 5.32 Å². The van der Waals surface area contributed by atoms with Gasteiger partial charge < -0.3 is 9.73 Å². The molecule has 124 valence electrons. The normalized spacial score (nSPS) is 11.4. The first-order valence-corrected chi connectivity index (χ1v) is 8.68. The van der Waals surface area contributed by atoms with Crippen LogP contribution in [0, 0.1) is 5.82 Å². The first kappa shape index (κ1) is 16.2. The minimum Gasteiger partial charge on any atom is -0.459 e. The second-order valence-electron chi connectivity index (χ2n) is 5.20. The summed E-state index contributed by atoms with van der Waals surface area (Å²) in [5.74, 6) is 1.05. The summed E-state index contributed by atoms with van der Waals surface area (Å²) in [6, 6.07) is 15.8. The van der Waals surface area contributed by atoms with E-state index in [1.807, 2.05) is 12.1 Å². The van der Waals surface area contributed by atoms with Crippen LogP contribution in [0.25, 0.3) is 11.3 Å². The topological polar surface area (TPSA) is 85.3 Å². The lowest BCUT2D eigenvalue weighted by atomic mass is 10.2. The monoisotopic (exact) mass is 346 g/mol. The third-order valence-corrected chi connectivity index (χ3v) is 4.37. The van der Waals surface area contributed by atoms with Gasteiger partial charge in [0.25, 0.3) is 0 Å². The SMILES string of the molecule is NS(=O)(=O)c1ccc(NCc2ccc(-c3ccc(F)cc3)o2)cc1. The Hall–Kier alpha value is -2.64. The molecule has 3 rings (SSSR count). The third kappa shape index (κ3) is 3.81. The number of hydrogen-bond acceptors (Lipinski definition) is 4. The van der Waals surface area contributed by atoms with Crippen molar-refractivity contribution in [2.75, 3.05) is 5.32 Å². The van der Waals surface area contributed by atoms with Crippen LogP contribution in [-0.4, -0.2) is 8.42 Å². The van der Waals surface area contributed by atoms with Gasteiger partial charge in [-0.2, -0.15) is 0 Å². The Morgan fingerprint density at radius 1 is 0.958 bits per heavy atom. The molecule has 0 unspecified atom stereocenters. The molecule has 1 heterocycles. The van der Waals surface area contributed by atoms with Gasteiger partial charge in [0.05, 0.1) is 11.4 Å². The average molecular weight is 346 g/mol. The number of hydrogen-bond donors (Lipinski definition) is 2. The average Bonchev–Trinajstić information content (AvgIpc) is 3.02. The number of rotatable bonds is 5. The fourth-order valence-electron chi connectivity index (χ4n) is 2.19. The Kier molecular flexibility index (Phi) is 4.37. The van der Waals surface area contributed by atoms with E-state index in [0.29, 0.717) is 18.1 Å². The van der Waals surface area contributed by atoms with Crippen LogP contribution in [0.3, 0.4) is 0 Å². The summed E-state index contributed by atoms with van der Waals surface area (Å²) >= 11 is 0. The van der Waals surface area contributed by atoms with Crippen LogP contribution >= 0.6 is 0 Å². The molecule has 0 amide bonds. The van der Waals surface area contributed by atoms with Crippen molar-refractivity contribution >= 4 is 15.7 Å². The maximum Gasteiger partial charge on any atom is 0.238 e. The fraction of sp³-hybridized carbons (Fsp3) is 0.0588. The van der Waals surface area contributed by atoms with Gasteiger partial charge >= 0.3 is 0 Å². The fourth-order valence-corrected chi connectivity index (χ4v) is 2.71. The lowest BCUT2D eigenvalue weighted by molar-refractivity contribution is 0.531. The molecule has 0 fully saturated rings. The van der Waals surface area contributed by atoms with Gasteiger partial charge in [0, 0.05) is 11.3 Å². The molecule has 2 aromatic carbocycles. The highest BCUT2D eigenvalue weighted by molar-refractivity contribution is 7.89. The first-order chi connectivity index (χ1) is 11.4. The second kappa shape index (κ2) is 6.46. The number of anilines is 1. The summed E-state index contributed by atoms with van der Waals surface area (Å²) in [6.07, 6.45) is 0. The van der Waals surface area contributed by atoms with Crippen LogP contribution in [-0.2, 0) is 16.6 Å². The maximum absolute atomic E-state index is 12.9. The van der Waals surface area contributed by atoms with Gasteiger partial charge in [-0.1, -0.05) is 0 Å². The van der Waals surface area contributed by atoms with Gasteiger partial charge in [-0.3, -0.25) is 0 Å². The Balaban J connectivity index is 1.66. The summed E-state index contributed by atoms with van der Waals surface area (Å²) in [6.45, 7) is 0.427. The maximum atomic E-state index is 12.9. The van der Waals surface area contributed by atoms with E-state index in [1.165, 1.54) is 24.3 Å². The minimum absolute atomic E-state index is 0.0599. The van der Waals surface area contributed by atoms with Gasteiger partial charge in [0.2, 0.25) is 10.0 Å². The summed E-state index contributed by atoms with van der Waals surface area (Å²) in [7, 11) is -3.69. The molecule has 24 heavy (non-hydrogen) atoms. The van der Waals surface area contributed by atoms with E-state index in [0.717, 1.165) is 11.3 Å². The van der Waals surface area contributed by atoms with Crippen molar-refractivity contribution in [3.63, 3.8) is 0 Å². The van der Waals surface area contributed by atoms with E-state index in [4.69, 9.17) is 9.56 Å². The largest absolute Gasteiger partial charge is 0.459 e. The molecule has 0 saturated heterocycles. The second-order valence-corrected chi connectivity index (χ2v) is 6.76. The van der Waals surface area contributed by atoms with E-state index in [9.17, 15) is 12.8 Å². The molecule has 0 saturated carbocycles. The number of halogens is 1. The van der Waals surface area contributed by atoms with E-state index in [-0.39, 0.29) is 10.7 Å². The van der Waals surface area contributed by atoms with E-state index in [1.54, 1.807) is 24.3 Å². The predicted octanol–water partition coefficient (Wildman–Crippen LogP) is 3.35. The van der Waals surface area contributed by atoms with Gasteiger partial charge in [-0.05, 0) is 60.7 Å². The zero-order chi connectivity index (χ0) is 17.2. The first-order valence-electron chi connectivity index (χ1n) is 7.13. The van der Waals surface area contributed by atoms with Crippen LogP contribution in [0.2, 0.25) is 0 Å². The summed E-state index contributed by atoms with van der Waals surface area (Å²) in [5, 5.41) is 8.18. The van der Waals surface area contributed by atoms with Crippen molar-refractivity contribution in [1.29, 1.82) is 0 Å². The Bertz CT molecular complexity index is 933. The van der Waals surface area contributed by atoms with Crippen LogP contribution in [0.15, 0.2) is 70.0 Å². The Morgan fingerprint density at radius 3 is 2.25 bits per heavy atom. The molecule has 1 aromatic heterocycles. The molecule has 0 bridgehead atoms. The van der Waals surface area contributed by atoms with Crippen molar-refractivity contribution < 1.29 is 17.2 Å². The van der Waals surface area contributed by atoms with Crippen LogP contribution < -0.4 is 10.5 Å². The number of nitrogens with one attached hydrogen (secondary N) is 1. The smallest absolute Gasteiger partial charge is 0.238 e. The number of nitrogens with two attached hydrogens (primary N) is 1. The molecular weight excluding hydrogens is 331 g/mol. The highest BCUT2D eigenvalue weighted by atomic mass is 32.2. The van der Waals surface area contributed by atoms with Crippen molar-refractivity contribution in [2.24, 2.45) is 5.14 Å². The molecule has 3 aromatic rings. The quantitative estimate of drug-likeness (QED) is 0.742. The zero-order valence-electron chi connectivity index (χ0n) is 12.6. The molecule has 3 N–H and O–H groups in total. The summed E-state index contributed by atoms with van der Waals surface area (Å²) < 4.78 is 41.0. The molecule has 0 aliphatic heterocycles. The highest BCUT2D eigenvalue weighted by Crippen LogP contribution is 2.23. The lowest BCUT2D eigenvalue weighted by Crippen LogP contribution is -2.11. The van der Waals surface area contributed by atoms with Crippen LogP contribution in [0.1, 0.15) is 5.76 Å². The molecular formula is C17H15FN2O3S. The number of furan rings is 1. The van der Waals surface area contributed by atoms with E-state index >= 15 is 0 Å². The number of benzene rings is 2. The minimum atomic E-state index is -3.69. The van der Waals surface area contributed by atoms with Gasteiger partial charge in [-0.15, -0.1) is 0 Å². The van der Waals surface area contributed by atoms with Crippen molar-refractivity contribution in [3.05, 3.63) is 72.2 Å². The van der Waals surface area contributed by atoms with Gasteiger partial charge in [0.15, 0.2) is 0 Å². The van der Waals surface area contributed by atoms with Crippen molar-refractivity contribution in [1.82, 2.24) is 0 Å². The van der Waals surface area contributed by atoms with Crippen LogP contribution in [0.5, 0.6) is 0 Å². The molecule has 0 radical (unpaired) electrons. The van der Waals surface area contributed by atoms with Crippen LogP contribution in [0.4, 0.5) is 10.1 Å².